The smallest absolute Gasteiger partial charge is 0.278 e. The first kappa shape index (κ1) is 17.8. The van der Waals surface area contributed by atoms with E-state index in [2.05, 4.69) is 10.3 Å². The molecule has 0 bridgehead atoms. The zero-order chi connectivity index (χ0) is 19.2. The van der Waals surface area contributed by atoms with Crippen molar-refractivity contribution in [2.45, 2.75) is 0 Å². The summed E-state index contributed by atoms with van der Waals surface area (Å²) >= 11 is 1.41. The van der Waals surface area contributed by atoms with E-state index in [4.69, 9.17) is 9.47 Å². The monoisotopic (exact) mass is 388 g/mol. The van der Waals surface area contributed by atoms with E-state index in [1.807, 2.05) is 47.8 Å². The van der Waals surface area contributed by atoms with Crippen molar-refractivity contribution in [2.75, 3.05) is 5.32 Å². The van der Waals surface area contributed by atoms with Crippen LogP contribution >= 0.6 is 11.3 Å². The second kappa shape index (κ2) is 8.37. The van der Waals surface area contributed by atoms with Gasteiger partial charge in [-0.05, 0) is 60.7 Å². The highest BCUT2D eigenvalue weighted by Gasteiger charge is 2.08. The Hall–Kier alpha value is -3.64. The maximum absolute atomic E-state index is 12.4. The van der Waals surface area contributed by atoms with E-state index in [1.165, 1.54) is 11.3 Å². The third-order valence-corrected chi connectivity index (χ3v) is 4.47. The largest absolute Gasteiger partial charge is 0.457 e. The maximum Gasteiger partial charge on any atom is 0.278 e. The van der Waals surface area contributed by atoms with Gasteiger partial charge in [0.2, 0.25) is 0 Å². The summed E-state index contributed by atoms with van der Waals surface area (Å²) in [5.74, 6) is 1.90. The van der Waals surface area contributed by atoms with Crippen molar-refractivity contribution in [1.29, 1.82) is 0 Å². The number of para-hydroxylation sites is 1. The molecule has 1 amide bonds. The fraction of sp³-hybridized carbons (Fsp3) is 0. The Morgan fingerprint density at radius 2 is 1.43 bits per heavy atom. The van der Waals surface area contributed by atoms with E-state index in [1.54, 1.807) is 42.6 Å². The predicted molar refractivity (Wildman–Crippen MR) is 110 cm³/mol. The van der Waals surface area contributed by atoms with E-state index in [0.29, 0.717) is 27.9 Å². The molecule has 1 heterocycles. The number of carbonyl (C=O) groups excluding carboxylic acids is 1. The van der Waals surface area contributed by atoms with Crippen molar-refractivity contribution >= 4 is 22.9 Å². The first-order chi connectivity index (χ1) is 13.8. The fourth-order valence-electron chi connectivity index (χ4n) is 2.47. The summed E-state index contributed by atoms with van der Waals surface area (Å²) in [6.45, 7) is 0. The lowest BCUT2D eigenvalue weighted by molar-refractivity contribution is 0.102. The number of benzene rings is 3. The second-order valence-corrected chi connectivity index (χ2v) is 6.68. The van der Waals surface area contributed by atoms with Crippen LogP contribution in [0.3, 0.4) is 0 Å². The van der Waals surface area contributed by atoms with Crippen LogP contribution in [0.1, 0.15) is 10.4 Å². The van der Waals surface area contributed by atoms with Gasteiger partial charge in [0.25, 0.3) is 11.1 Å². The van der Waals surface area contributed by atoms with Gasteiger partial charge in [0.1, 0.15) is 17.2 Å². The maximum atomic E-state index is 12.4. The Morgan fingerprint density at radius 1 is 0.786 bits per heavy atom. The number of amides is 1. The van der Waals surface area contributed by atoms with E-state index < -0.39 is 0 Å². The van der Waals surface area contributed by atoms with E-state index in [9.17, 15) is 4.79 Å². The van der Waals surface area contributed by atoms with Gasteiger partial charge in [-0.2, -0.15) is 0 Å². The number of thiazole rings is 1. The van der Waals surface area contributed by atoms with E-state index in [0.717, 1.165) is 5.75 Å². The SMILES string of the molecule is O=C(Nc1ccc(Oc2ccccc2)cc1)c1ccc(Oc2nccs2)cc1. The van der Waals surface area contributed by atoms with Crippen molar-refractivity contribution in [2.24, 2.45) is 0 Å². The van der Waals surface area contributed by atoms with Crippen molar-refractivity contribution in [3.8, 4) is 22.4 Å². The normalized spacial score (nSPS) is 10.3. The molecular formula is C22H16N2O3S. The van der Waals surface area contributed by atoms with Crippen molar-refractivity contribution < 1.29 is 14.3 Å². The summed E-state index contributed by atoms with van der Waals surface area (Å²) in [5, 5.41) is 5.27. The summed E-state index contributed by atoms with van der Waals surface area (Å²) < 4.78 is 11.3. The van der Waals surface area contributed by atoms with E-state index in [-0.39, 0.29) is 5.91 Å². The Morgan fingerprint density at radius 3 is 2.11 bits per heavy atom. The molecule has 0 radical (unpaired) electrons. The molecule has 0 saturated carbocycles. The fourth-order valence-corrected chi connectivity index (χ4v) is 2.97. The van der Waals surface area contributed by atoms with Crippen molar-refractivity contribution in [1.82, 2.24) is 4.98 Å². The second-order valence-electron chi connectivity index (χ2n) is 5.82. The van der Waals surface area contributed by atoms with Gasteiger partial charge in [-0.15, -0.1) is 0 Å². The third-order valence-electron chi connectivity index (χ3n) is 3.82. The number of aromatic nitrogens is 1. The molecule has 138 valence electrons. The van der Waals surface area contributed by atoms with Crippen LogP contribution in [0.2, 0.25) is 0 Å². The number of hydrogen-bond acceptors (Lipinski definition) is 5. The number of nitrogens with one attached hydrogen (secondary N) is 1. The molecule has 0 aliphatic rings. The van der Waals surface area contributed by atoms with Crippen LogP contribution in [0, 0.1) is 0 Å². The molecule has 1 aromatic heterocycles. The highest BCUT2D eigenvalue weighted by Crippen LogP contribution is 2.25. The first-order valence-electron chi connectivity index (χ1n) is 8.58. The molecule has 4 rings (SSSR count). The third kappa shape index (κ3) is 4.55. The minimum Gasteiger partial charge on any atom is -0.457 e. The van der Waals surface area contributed by atoms with Crippen molar-refractivity contribution in [3.63, 3.8) is 0 Å². The van der Waals surface area contributed by atoms with Crippen LogP contribution in [0.4, 0.5) is 5.69 Å². The lowest BCUT2D eigenvalue weighted by atomic mass is 10.2. The lowest BCUT2D eigenvalue weighted by Gasteiger charge is -2.08. The molecule has 0 aliphatic heterocycles. The molecule has 6 heteroatoms. The van der Waals surface area contributed by atoms with Gasteiger partial charge in [0.15, 0.2) is 0 Å². The number of anilines is 1. The van der Waals surface area contributed by atoms with E-state index >= 15 is 0 Å². The summed E-state index contributed by atoms with van der Waals surface area (Å²) in [7, 11) is 0. The Bertz CT molecular complexity index is 1030. The summed E-state index contributed by atoms with van der Waals surface area (Å²) in [5.41, 5.74) is 1.23. The molecule has 0 spiro atoms. The van der Waals surface area contributed by atoms with Crippen LogP contribution in [0.5, 0.6) is 22.4 Å². The Labute approximate surface area is 166 Å². The number of carbonyl (C=O) groups is 1. The molecule has 0 fully saturated rings. The first-order valence-corrected chi connectivity index (χ1v) is 9.46. The molecule has 0 saturated heterocycles. The topological polar surface area (TPSA) is 60.5 Å². The number of ether oxygens (including phenoxy) is 2. The number of hydrogen-bond donors (Lipinski definition) is 1. The Kier molecular flexibility index (Phi) is 5.31. The molecule has 1 N–H and O–H groups in total. The van der Waals surface area contributed by atoms with Gasteiger partial charge in [-0.3, -0.25) is 4.79 Å². The summed E-state index contributed by atoms with van der Waals surface area (Å²) in [6.07, 6.45) is 1.68. The van der Waals surface area contributed by atoms with Gasteiger partial charge >= 0.3 is 0 Å². The zero-order valence-electron chi connectivity index (χ0n) is 14.7. The highest BCUT2D eigenvalue weighted by atomic mass is 32.1. The van der Waals surface area contributed by atoms with Gasteiger partial charge in [0.05, 0.1) is 0 Å². The molecule has 0 aliphatic carbocycles. The minimum absolute atomic E-state index is 0.197. The summed E-state index contributed by atoms with van der Waals surface area (Å²) in [4.78, 5) is 16.5. The zero-order valence-corrected chi connectivity index (χ0v) is 15.6. The van der Waals surface area contributed by atoms with Crippen LogP contribution in [0.15, 0.2) is 90.4 Å². The van der Waals surface area contributed by atoms with Gasteiger partial charge in [-0.1, -0.05) is 29.5 Å². The standard InChI is InChI=1S/C22H16N2O3S/c25-21(16-6-10-20(11-7-16)27-22-23-14-15-28-22)24-17-8-12-19(13-9-17)26-18-4-2-1-3-5-18/h1-15H,(H,24,25). The number of rotatable bonds is 6. The van der Waals surface area contributed by atoms with Crippen LogP contribution in [0.25, 0.3) is 0 Å². The highest BCUT2D eigenvalue weighted by molar-refractivity contribution is 7.11. The lowest BCUT2D eigenvalue weighted by Crippen LogP contribution is -2.11. The molecule has 28 heavy (non-hydrogen) atoms. The van der Waals surface area contributed by atoms with Crippen LogP contribution in [-0.2, 0) is 0 Å². The molecule has 0 unspecified atom stereocenters. The molecule has 3 aromatic carbocycles. The predicted octanol–water partition coefficient (Wildman–Crippen LogP) is 5.98. The summed E-state index contributed by atoms with van der Waals surface area (Å²) in [6, 6.07) is 23.7. The minimum atomic E-state index is -0.197. The average Bonchev–Trinajstić information content (AvgIpc) is 3.24. The molecule has 5 nitrogen and oxygen atoms in total. The quantitative estimate of drug-likeness (QED) is 0.441. The molecule has 4 aromatic rings. The van der Waals surface area contributed by atoms with Gasteiger partial charge in [0, 0.05) is 22.8 Å². The van der Waals surface area contributed by atoms with Gasteiger partial charge in [-0.25, -0.2) is 4.98 Å². The van der Waals surface area contributed by atoms with Gasteiger partial charge < -0.3 is 14.8 Å². The molecule has 0 atom stereocenters. The Balaban J connectivity index is 1.36. The van der Waals surface area contributed by atoms with Crippen LogP contribution in [-0.4, -0.2) is 10.9 Å². The average molecular weight is 388 g/mol. The van der Waals surface area contributed by atoms with Crippen molar-refractivity contribution in [3.05, 3.63) is 96.0 Å². The number of nitrogens with zero attached hydrogens (tertiary/aromatic N) is 1. The van der Waals surface area contributed by atoms with Crippen LogP contribution < -0.4 is 14.8 Å². The molecular weight excluding hydrogens is 372 g/mol.